The predicted octanol–water partition coefficient (Wildman–Crippen LogP) is 2.57. The third-order valence-corrected chi connectivity index (χ3v) is 3.66. The first-order valence-corrected chi connectivity index (χ1v) is 6.62. The van der Waals surface area contributed by atoms with E-state index in [1.165, 1.54) is 11.5 Å². The smallest absolute Gasteiger partial charge is 0.131 e. The van der Waals surface area contributed by atoms with Crippen molar-refractivity contribution in [3.8, 4) is 0 Å². The summed E-state index contributed by atoms with van der Waals surface area (Å²) in [6.07, 6.45) is 1.77. The minimum Gasteiger partial charge on any atom is -0.388 e. The molecule has 0 bridgehead atoms. The van der Waals surface area contributed by atoms with Crippen LogP contribution in [0.2, 0.25) is 0 Å². The van der Waals surface area contributed by atoms with Gasteiger partial charge in [0, 0.05) is 28.0 Å². The van der Waals surface area contributed by atoms with Crippen molar-refractivity contribution in [2.24, 2.45) is 0 Å². The highest BCUT2D eigenvalue weighted by Gasteiger charge is 2.05. The largest absolute Gasteiger partial charge is 0.388 e. The van der Waals surface area contributed by atoms with Crippen LogP contribution in [0, 0.1) is 0 Å². The van der Waals surface area contributed by atoms with E-state index in [4.69, 9.17) is 5.73 Å². The van der Waals surface area contributed by atoms with Gasteiger partial charge in [0.15, 0.2) is 0 Å². The quantitative estimate of drug-likeness (QED) is 0.883. The number of hydrogen-bond acceptors (Lipinski definition) is 6. The Labute approximate surface area is 104 Å². The molecule has 0 aliphatic carbocycles. The van der Waals surface area contributed by atoms with Crippen LogP contribution >= 0.6 is 39.2 Å². The van der Waals surface area contributed by atoms with Crippen LogP contribution in [0.5, 0.6) is 0 Å². The molecule has 0 fully saturated rings. The van der Waals surface area contributed by atoms with Gasteiger partial charge in [0.2, 0.25) is 0 Å². The average Bonchev–Trinajstić information content (AvgIpc) is 2.63. The van der Waals surface area contributed by atoms with Gasteiger partial charge in [-0.1, -0.05) is 16.3 Å². The van der Waals surface area contributed by atoms with Crippen LogP contribution in [0.4, 0.5) is 5.00 Å². The lowest BCUT2D eigenvalue weighted by atomic mass is 10.5. The molecule has 0 aromatic carbocycles. The van der Waals surface area contributed by atoms with Crippen LogP contribution in [0.15, 0.2) is 27.8 Å². The van der Waals surface area contributed by atoms with Crippen molar-refractivity contribution in [1.82, 2.24) is 14.6 Å². The van der Waals surface area contributed by atoms with Crippen molar-refractivity contribution in [3.63, 3.8) is 0 Å². The molecule has 4 nitrogen and oxygen atoms in total. The van der Waals surface area contributed by atoms with Crippen molar-refractivity contribution < 1.29 is 0 Å². The zero-order valence-electron chi connectivity index (χ0n) is 7.55. The topological polar surface area (TPSA) is 64.7 Å². The zero-order chi connectivity index (χ0) is 10.7. The lowest BCUT2D eigenvalue weighted by Crippen LogP contribution is -1.89. The van der Waals surface area contributed by atoms with Gasteiger partial charge in [-0.3, -0.25) is 0 Å². The maximum absolute atomic E-state index is 5.68. The van der Waals surface area contributed by atoms with Gasteiger partial charge >= 0.3 is 0 Å². The summed E-state index contributed by atoms with van der Waals surface area (Å²) in [7, 11) is 0. The summed E-state index contributed by atoms with van der Waals surface area (Å²) in [6.45, 7) is 0. The van der Waals surface area contributed by atoms with Gasteiger partial charge in [-0.2, -0.15) is 0 Å². The Kier molecular flexibility index (Phi) is 3.55. The van der Waals surface area contributed by atoms with E-state index in [-0.39, 0.29) is 0 Å². The fourth-order valence-corrected chi connectivity index (χ4v) is 2.47. The fraction of sp³-hybridized carbons (Fsp3) is 0.125. The van der Waals surface area contributed by atoms with Crippen molar-refractivity contribution in [2.45, 2.75) is 10.8 Å². The number of hydrogen-bond donors (Lipinski definition) is 1. The predicted molar refractivity (Wildman–Crippen MR) is 65.8 cm³/mol. The Morgan fingerprint density at radius 1 is 1.47 bits per heavy atom. The lowest BCUT2D eigenvalue weighted by molar-refractivity contribution is 1.07. The average molecular weight is 303 g/mol. The number of nitrogens with zero attached hydrogens (tertiary/aromatic N) is 3. The van der Waals surface area contributed by atoms with Crippen molar-refractivity contribution in [2.75, 3.05) is 5.73 Å². The minimum atomic E-state index is 0.680. The highest BCUT2D eigenvalue weighted by molar-refractivity contribution is 9.10. The minimum absolute atomic E-state index is 0.680. The fourth-order valence-electron chi connectivity index (χ4n) is 0.906. The highest BCUT2D eigenvalue weighted by atomic mass is 79.9. The van der Waals surface area contributed by atoms with Gasteiger partial charge in [-0.15, -0.1) is 5.10 Å². The molecule has 2 N–H and O–H groups in total. The van der Waals surface area contributed by atoms with Crippen LogP contribution in [0.3, 0.4) is 0 Å². The molecule has 15 heavy (non-hydrogen) atoms. The summed E-state index contributed by atoms with van der Waals surface area (Å²) in [4.78, 5) is 4.24. The maximum atomic E-state index is 5.68. The first kappa shape index (κ1) is 10.8. The molecule has 0 radical (unpaired) electrons. The Morgan fingerprint density at radius 2 is 2.33 bits per heavy atom. The van der Waals surface area contributed by atoms with Gasteiger partial charge in [-0.25, -0.2) is 4.98 Å². The number of anilines is 1. The Morgan fingerprint density at radius 3 is 2.93 bits per heavy atom. The zero-order valence-corrected chi connectivity index (χ0v) is 10.8. The molecule has 78 valence electrons. The molecule has 0 saturated heterocycles. The van der Waals surface area contributed by atoms with Crippen LogP contribution < -0.4 is 5.73 Å². The van der Waals surface area contributed by atoms with Crippen molar-refractivity contribution in [1.29, 1.82) is 0 Å². The van der Waals surface area contributed by atoms with E-state index >= 15 is 0 Å². The Hall–Kier alpha value is -0.660. The normalized spacial score (nSPS) is 10.5. The summed E-state index contributed by atoms with van der Waals surface area (Å²) in [6, 6.07) is 3.91. The molecule has 7 heteroatoms. The summed E-state index contributed by atoms with van der Waals surface area (Å²) in [5.74, 6) is 0.705. The molecule has 0 spiro atoms. The molecule has 0 saturated carbocycles. The second-order valence-corrected chi connectivity index (χ2v) is 5.38. The van der Waals surface area contributed by atoms with Crippen molar-refractivity contribution >= 4 is 44.2 Å². The number of nitrogen functional groups attached to an aromatic ring is 1. The molecule has 0 atom stereocenters. The summed E-state index contributed by atoms with van der Waals surface area (Å²) >= 11 is 6.15. The van der Waals surface area contributed by atoms with Crippen molar-refractivity contribution in [3.05, 3.63) is 28.5 Å². The maximum Gasteiger partial charge on any atom is 0.131 e. The molecular formula is C8H7BrN4S2. The van der Waals surface area contributed by atoms with E-state index < -0.39 is 0 Å². The van der Waals surface area contributed by atoms with Crippen LogP contribution in [-0.2, 0) is 5.75 Å². The first-order valence-electron chi connectivity index (χ1n) is 4.07. The second kappa shape index (κ2) is 4.91. The molecule has 0 unspecified atom stereocenters. The van der Waals surface area contributed by atoms with E-state index in [1.807, 2.05) is 12.1 Å². The Bertz CT molecular complexity index is 442. The van der Waals surface area contributed by atoms with E-state index in [9.17, 15) is 0 Å². The van der Waals surface area contributed by atoms with E-state index in [0.29, 0.717) is 10.8 Å². The number of aromatic nitrogens is 3. The molecule has 2 aromatic rings. The molecule has 0 aliphatic rings. The molecule has 2 aromatic heterocycles. The van der Waals surface area contributed by atoms with Gasteiger partial charge in [-0.05, 0) is 28.1 Å². The number of halogens is 1. The lowest BCUT2D eigenvalue weighted by Gasteiger charge is -1.98. The highest BCUT2D eigenvalue weighted by Crippen LogP contribution is 2.24. The molecule has 2 rings (SSSR count). The number of pyridine rings is 1. The van der Waals surface area contributed by atoms with Crippen LogP contribution in [-0.4, -0.2) is 14.6 Å². The molecule has 0 amide bonds. The first-order chi connectivity index (χ1) is 7.25. The number of thioether (sulfide) groups is 1. The summed E-state index contributed by atoms with van der Waals surface area (Å²) < 4.78 is 4.75. The van der Waals surface area contributed by atoms with Crippen LogP contribution in [0.1, 0.15) is 5.69 Å². The standard InChI is InChI=1S/C8H7BrN4S2/c9-5-1-2-7(11-3-5)14-4-6-8(10)15-13-12-6/h1-3H,4,10H2. The van der Waals surface area contributed by atoms with Crippen LogP contribution in [0.25, 0.3) is 0 Å². The molecular weight excluding hydrogens is 296 g/mol. The Balaban J connectivity index is 1.99. The van der Waals surface area contributed by atoms with E-state index in [1.54, 1.807) is 18.0 Å². The summed E-state index contributed by atoms with van der Waals surface area (Å²) in [5, 5.41) is 5.56. The van der Waals surface area contributed by atoms with E-state index in [2.05, 4.69) is 30.5 Å². The van der Waals surface area contributed by atoms with Gasteiger partial charge in [0.05, 0.1) is 5.03 Å². The van der Waals surface area contributed by atoms with Gasteiger partial charge in [0.1, 0.15) is 10.7 Å². The third-order valence-electron chi connectivity index (χ3n) is 1.64. The van der Waals surface area contributed by atoms with Gasteiger partial charge < -0.3 is 5.73 Å². The number of rotatable bonds is 3. The van der Waals surface area contributed by atoms with E-state index in [0.717, 1.165) is 15.2 Å². The monoisotopic (exact) mass is 302 g/mol. The molecule has 2 heterocycles. The summed E-state index contributed by atoms with van der Waals surface area (Å²) in [5.41, 5.74) is 6.51. The third kappa shape index (κ3) is 2.90. The SMILES string of the molecule is Nc1snnc1CSc1ccc(Br)cn1. The molecule has 0 aliphatic heterocycles. The number of nitrogens with two attached hydrogens (primary N) is 1. The van der Waals surface area contributed by atoms with Gasteiger partial charge in [0.25, 0.3) is 0 Å². The second-order valence-electron chi connectivity index (χ2n) is 2.69.